The number of ether oxygens (including phenoxy) is 2. The molecule has 1 N–H and O–H groups in total. The fraction of sp³-hybridized carbons (Fsp3) is 0.111. The number of amides is 1. The molecule has 0 unspecified atom stereocenters. The molecule has 0 saturated heterocycles. The van der Waals surface area contributed by atoms with Crippen molar-refractivity contribution >= 4 is 23.5 Å². The van der Waals surface area contributed by atoms with E-state index in [0.29, 0.717) is 22.7 Å². The van der Waals surface area contributed by atoms with Gasteiger partial charge >= 0.3 is 0 Å². The summed E-state index contributed by atoms with van der Waals surface area (Å²) in [7, 11) is 3.04. The van der Waals surface area contributed by atoms with Gasteiger partial charge in [0, 0.05) is 17.3 Å². The molecule has 0 bridgehead atoms. The van der Waals surface area contributed by atoms with Crippen LogP contribution < -0.4 is 14.4 Å². The van der Waals surface area contributed by atoms with Crippen LogP contribution in [0.25, 0.3) is 6.08 Å². The fourth-order valence-electron chi connectivity index (χ4n) is 3.88. The van der Waals surface area contributed by atoms with Gasteiger partial charge in [0.15, 0.2) is 11.5 Å². The number of nitrogens with zero attached hydrogens (tertiary/aromatic N) is 1. The number of aliphatic hydroxyl groups excluding tert-OH is 1. The van der Waals surface area contributed by atoms with Crippen molar-refractivity contribution in [3.05, 3.63) is 107 Å². The van der Waals surface area contributed by atoms with Gasteiger partial charge in [-0.2, -0.15) is 0 Å². The van der Waals surface area contributed by atoms with Crippen LogP contribution in [0.15, 0.2) is 96.3 Å². The summed E-state index contributed by atoms with van der Waals surface area (Å²) < 4.78 is 10.9. The van der Waals surface area contributed by atoms with Gasteiger partial charge < -0.3 is 14.6 Å². The van der Waals surface area contributed by atoms with Crippen molar-refractivity contribution in [3.63, 3.8) is 0 Å². The summed E-state index contributed by atoms with van der Waals surface area (Å²) in [6.45, 7) is 0. The highest BCUT2D eigenvalue weighted by molar-refractivity contribution is 6.19. The summed E-state index contributed by atoms with van der Waals surface area (Å²) in [4.78, 5) is 27.9. The molecule has 3 aromatic carbocycles. The van der Waals surface area contributed by atoms with Gasteiger partial charge in [0.2, 0.25) is 0 Å². The number of para-hydroxylation sites is 1. The average Bonchev–Trinajstić information content (AvgIpc) is 3.13. The number of hydrogen-bond donors (Lipinski definition) is 1. The minimum atomic E-state index is -0.881. The van der Waals surface area contributed by atoms with Crippen LogP contribution in [0, 0.1) is 0 Å². The molecule has 4 rings (SSSR count). The number of carbonyl (C=O) groups excluding carboxylic acids is 2. The first kappa shape index (κ1) is 21.9. The molecule has 1 amide bonds. The Labute approximate surface area is 192 Å². The van der Waals surface area contributed by atoms with Gasteiger partial charge in [-0.3, -0.25) is 14.5 Å². The predicted molar refractivity (Wildman–Crippen MR) is 126 cm³/mol. The maximum absolute atomic E-state index is 13.3. The van der Waals surface area contributed by atoms with E-state index < -0.39 is 23.5 Å². The molecule has 0 saturated carbocycles. The number of aliphatic hydroxyl groups is 1. The SMILES string of the molecule is COc1ccc([C@H]2C(C(=O)/C=C/c3ccccc3)=C(O)C(=O)N2c2ccccc2)c(OC)c1. The topological polar surface area (TPSA) is 76.1 Å². The third kappa shape index (κ3) is 4.23. The van der Waals surface area contributed by atoms with Crippen LogP contribution >= 0.6 is 0 Å². The third-order valence-electron chi connectivity index (χ3n) is 5.47. The highest BCUT2D eigenvalue weighted by Crippen LogP contribution is 2.44. The number of carbonyl (C=O) groups is 2. The summed E-state index contributed by atoms with van der Waals surface area (Å²) in [6.07, 6.45) is 3.02. The quantitative estimate of drug-likeness (QED) is 0.529. The lowest BCUT2D eigenvalue weighted by Gasteiger charge is -2.28. The van der Waals surface area contributed by atoms with E-state index in [-0.39, 0.29) is 5.57 Å². The lowest BCUT2D eigenvalue weighted by Crippen LogP contribution is -2.31. The Morgan fingerprint density at radius 3 is 2.24 bits per heavy atom. The lowest BCUT2D eigenvalue weighted by molar-refractivity contribution is -0.117. The van der Waals surface area contributed by atoms with E-state index in [1.54, 1.807) is 55.7 Å². The average molecular weight is 441 g/mol. The molecule has 3 aromatic rings. The van der Waals surface area contributed by atoms with Crippen LogP contribution in [0.3, 0.4) is 0 Å². The first-order valence-corrected chi connectivity index (χ1v) is 10.4. The van der Waals surface area contributed by atoms with Crippen molar-refractivity contribution in [2.45, 2.75) is 6.04 Å². The number of ketones is 1. The first-order chi connectivity index (χ1) is 16.0. The normalized spacial score (nSPS) is 15.9. The van der Waals surface area contributed by atoms with E-state index in [1.807, 2.05) is 36.4 Å². The number of anilines is 1. The van der Waals surface area contributed by atoms with E-state index in [2.05, 4.69) is 0 Å². The van der Waals surface area contributed by atoms with E-state index in [9.17, 15) is 14.7 Å². The summed E-state index contributed by atoms with van der Waals surface area (Å²) in [6, 6.07) is 22.5. The number of methoxy groups -OCH3 is 2. The van der Waals surface area contributed by atoms with E-state index >= 15 is 0 Å². The third-order valence-corrected chi connectivity index (χ3v) is 5.47. The van der Waals surface area contributed by atoms with Gasteiger partial charge in [0.05, 0.1) is 25.8 Å². The van der Waals surface area contributed by atoms with Crippen LogP contribution in [0.5, 0.6) is 11.5 Å². The highest BCUT2D eigenvalue weighted by atomic mass is 16.5. The van der Waals surface area contributed by atoms with Crippen molar-refractivity contribution < 1.29 is 24.2 Å². The molecular weight excluding hydrogens is 418 g/mol. The van der Waals surface area contributed by atoms with Gasteiger partial charge in [0.1, 0.15) is 11.5 Å². The number of benzene rings is 3. The van der Waals surface area contributed by atoms with Crippen molar-refractivity contribution in [2.75, 3.05) is 19.1 Å². The van der Waals surface area contributed by atoms with Crippen molar-refractivity contribution in [2.24, 2.45) is 0 Å². The molecule has 166 valence electrons. The van der Waals surface area contributed by atoms with Crippen LogP contribution in [0.1, 0.15) is 17.2 Å². The maximum atomic E-state index is 13.3. The Hall–Kier alpha value is -4.32. The van der Waals surface area contributed by atoms with E-state index in [4.69, 9.17) is 9.47 Å². The van der Waals surface area contributed by atoms with Gasteiger partial charge in [-0.25, -0.2) is 0 Å². The van der Waals surface area contributed by atoms with Gasteiger partial charge in [0.25, 0.3) is 5.91 Å². The van der Waals surface area contributed by atoms with Gasteiger partial charge in [-0.1, -0.05) is 54.6 Å². The molecule has 1 aliphatic heterocycles. The second kappa shape index (κ2) is 9.44. The number of hydrogen-bond acceptors (Lipinski definition) is 5. The maximum Gasteiger partial charge on any atom is 0.294 e. The molecule has 1 atom stereocenters. The molecule has 0 aromatic heterocycles. The fourth-order valence-corrected chi connectivity index (χ4v) is 3.88. The molecule has 0 fully saturated rings. The first-order valence-electron chi connectivity index (χ1n) is 10.4. The van der Waals surface area contributed by atoms with Gasteiger partial charge in [-0.15, -0.1) is 0 Å². The zero-order valence-corrected chi connectivity index (χ0v) is 18.3. The molecule has 6 nitrogen and oxygen atoms in total. The summed E-state index contributed by atoms with van der Waals surface area (Å²) in [5, 5.41) is 10.8. The van der Waals surface area contributed by atoms with Crippen LogP contribution in [0.2, 0.25) is 0 Å². The number of allylic oxidation sites excluding steroid dienone is 1. The second-order valence-corrected chi connectivity index (χ2v) is 7.39. The molecular formula is C27H23NO5. The molecule has 33 heavy (non-hydrogen) atoms. The Bertz CT molecular complexity index is 1230. The molecule has 1 heterocycles. The van der Waals surface area contributed by atoms with Crippen molar-refractivity contribution in [1.82, 2.24) is 0 Å². The van der Waals surface area contributed by atoms with Crippen LogP contribution in [-0.4, -0.2) is 31.0 Å². The molecule has 0 spiro atoms. The summed E-state index contributed by atoms with van der Waals surface area (Å²) in [5.74, 6) is -0.702. The summed E-state index contributed by atoms with van der Waals surface area (Å²) in [5.41, 5.74) is 1.91. The molecule has 6 heteroatoms. The Kier molecular flexibility index (Phi) is 6.26. The van der Waals surface area contributed by atoms with E-state index in [0.717, 1.165) is 5.56 Å². The second-order valence-electron chi connectivity index (χ2n) is 7.39. The number of rotatable bonds is 7. The lowest BCUT2D eigenvalue weighted by atomic mass is 9.94. The van der Waals surface area contributed by atoms with Crippen LogP contribution in [-0.2, 0) is 9.59 Å². The minimum absolute atomic E-state index is 0.0144. The van der Waals surface area contributed by atoms with E-state index in [1.165, 1.54) is 18.1 Å². The van der Waals surface area contributed by atoms with Crippen molar-refractivity contribution in [1.29, 1.82) is 0 Å². The Balaban J connectivity index is 1.84. The standard InChI is InChI=1S/C27H23NO5/c1-32-20-14-15-21(23(17-20)33-2)25-24(22(29)16-13-18-9-5-3-6-10-18)26(30)27(31)28(25)19-11-7-4-8-12-19/h3-17,25,30H,1-2H3/b16-13+/t25-/m0/s1. The zero-order chi connectivity index (χ0) is 23.4. The predicted octanol–water partition coefficient (Wildman–Crippen LogP) is 4.89. The Morgan fingerprint density at radius 1 is 0.939 bits per heavy atom. The molecule has 1 aliphatic rings. The Morgan fingerprint density at radius 2 is 1.61 bits per heavy atom. The smallest absolute Gasteiger partial charge is 0.294 e. The van der Waals surface area contributed by atoms with Gasteiger partial charge in [-0.05, 0) is 35.9 Å². The minimum Gasteiger partial charge on any atom is -0.503 e. The largest absolute Gasteiger partial charge is 0.503 e. The highest BCUT2D eigenvalue weighted by Gasteiger charge is 2.44. The summed E-state index contributed by atoms with van der Waals surface area (Å²) >= 11 is 0. The van der Waals surface area contributed by atoms with Crippen LogP contribution in [0.4, 0.5) is 5.69 Å². The monoisotopic (exact) mass is 441 g/mol. The molecule has 0 radical (unpaired) electrons. The van der Waals surface area contributed by atoms with Crippen molar-refractivity contribution in [3.8, 4) is 11.5 Å². The zero-order valence-electron chi connectivity index (χ0n) is 18.3. The molecule has 0 aliphatic carbocycles.